The van der Waals surface area contributed by atoms with E-state index < -0.39 is 0 Å². The van der Waals surface area contributed by atoms with Crippen molar-refractivity contribution < 1.29 is 14.3 Å². The van der Waals surface area contributed by atoms with Crippen molar-refractivity contribution in [2.75, 3.05) is 12.4 Å². The van der Waals surface area contributed by atoms with Crippen LogP contribution in [0, 0.1) is 0 Å². The molecule has 1 aromatic carbocycles. The van der Waals surface area contributed by atoms with Crippen molar-refractivity contribution in [1.82, 2.24) is 0 Å². The second-order valence-corrected chi connectivity index (χ2v) is 4.78. The lowest BCUT2D eigenvalue weighted by atomic mass is 10.3. The van der Waals surface area contributed by atoms with Crippen LogP contribution in [-0.2, 0) is 9.53 Å². The first-order valence-electron chi connectivity index (χ1n) is 5.67. The fraction of sp³-hybridized carbons (Fsp3) is 0.462. The monoisotopic (exact) mass is 254 g/mol. The van der Waals surface area contributed by atoms with Gasteiger partial charge in [0.25, 0.3) is 0 Å². The van der Waals surface area contributed by atoms with Crippen LogP contribution in [0.25, 0.3) is 0 Å². The topological polar surface area (TPSA) is 35.5 Å². The lowest BCUT2D eigenvalue weighted by Crippen LogP contribution is -2.13. The Morgan fingerprint density at radius 2 is 1.94 bits per heavy atom. The van der Waals surface area contributed by atoms with Crippen molar-refractivity contribution in [2.45, 2.75) is 31.8 Å². The SMILES string of the molecule is CCOc1ccc(SCC(=O)OC(C)C)cc1. The van der Waals surface area contributed by atoms with Gasteiger partial charge < -0.3 is 9.47 Å². The Hall–Kier alpha value is -1.16. The molecule has 94 valence electrons. The maximum Gasteiger partial charge on any atom is 0.316 e. The number of rotatable bonds is 6. The zero-order chi connectivity index (χ0) is 12.7. The van der Waals surface area contributed by atoms with E-state index in [1.807, 2.05) is 45.0 Å². The minimum Gasteiger partial charge on any atom is -0.494 e. The Balaban J connectivity index is 2.39. The van der Waals surface area contributed by atoms with Crippen LogP contribution in [0.15, 0.2) is 29.2 Å². The summed E-state index contributed by atoms with van der Waals surface area (Å²) in [4.78, 5) is 12.4. The van der Waals surface area contributed by atoms with E-state index in [-0.39, 0.29) is 12.1 Å². The molecule has 0 N–H and O–H groups in total. The number of carbonyl (C=O) groups excluding carboxylic acids is 1. The first kappa shape index (κ1) is 13.9. The van der Waals surface area contributed by atoms with Crippen LogP contribution in [0.4, 0.5) is 0 Å². The van der Waals surface area contributed by atoms with E-state index in [0.717, 1.165) is 10.6 Å². The lowest BCUT2D eigenvalue weighted by molar-refractivity contribution is -0.144. The average Bonchev–Trinajstić information content (AvgIpc) is 2.28. The molecule has 0 aliphatic rings. The number of hydrogen-bond donors (Lipinski definition) is 0. The molecule has 0 aromatic heterocycles. The highest BCUT2D eigenvalue weighted by Gasteiger charge is 2.06. The van der Waals surface area contributed by atoms with Crippen molar-refractivity contribution in [1.29, 1.82) is 0 Å². The molecule has 17 heavy (non-hydrogen) atoms. The highest BCUT2D eigenvalue weighted by Crippen LogP contribution is 2.21. The molecule has 0 unspecified atom stereocenters. The summed E-state index contributed by atoms with van der Waals surface area (Å²) in [6.45, 7) is 6.30. The van der Waals surface area contributed by atoms with Crippen LogP contribution in [0.5, 0.6) is 5.75 Å². The molecule has 0 atom stereocenters. The molecule has 0 heterocycles. The average molecular weight is 254 g/mol. The standard InChI is InChI=1S/C13H18O3S/c1-4-15-11-5-7-12(8-6-11)17-9-13(14)16-10(2)3/h5-8,10H,4,9H2,1-3H3. The second-order valence-electron chi connectivity index (χ2n) is 3.73. The van der Waals surface area contributed by atoms with Crippen molar-refractivity contribution in [3.8, 4) is 5.75 Å². The largest absolute Gasteiger partial charge is 0.494 e. The Kier molecular flexibility index (Phi) is 5.91. The molecule has 3 nitrogen and oxygen atoms in total. The van der Waals surface area contributed by atoms with Crippen LogP contribution in [-0.4, -0.2) is 24.4 Å². The highest BCUT2D eigenvalue weighted by molar-refractivity contribution is 8.00. The van der Waals surface area contributed by atoms with Crippen molar-refractivity contribution >= 4 is 17.7 Å². The molecule has 0 aliphatic carbocycles. The van der Waals surface area contributed by atoms with Gasteiger partial charge in [0, 0.05) is 4.90 Å². The highest BCUT2D eigenvalue weighted by atomic mass is 32.2. The quantitative estimate of drug-likeness (QED) is 0.577. The number of esters is 1. The van der Waals surface area contributed by atoms with E-state index in [2.05, 4.69) is 0 Å². The van der Waals surface area contributed by atoms with E-state index in [1.54, 1.807) is 0 Å². The van der Waals surface area contributed by atoms with Crippen LogP contribution in [0.1, 0.15) is 20.8 Å². The fourth-order valence-corrected chi connectivity index (χ4v) is 1.92. The number of carbonyl (C=O) groups is 1. The lowest BCUT2D eigenvalue weighted by Gasteiger charge is -2.08. The molecule has 0 spiro atoms. The number of thioether (sulfide) groups is 1. The van der Waals surface area contributed by atoms with Gasteiger partial charge in [0.1, 0.15) is 5.75 Å². The van der Waals surface area contributed by atoms with Crippen LogP contribution in [0.3, 0.4) is 0 Å². The van der Waals surface area contributed by atoms with E-state index in [1.165, 1.54) is 11.8 Å². The molecule has 0 saturated heterocycles. The molecule has 0 aliphatic heterocycles. The molecule has 0 bridgehead atoms. The molecule has 0 fully saturated rings. The van der Waals surface area contributed by atoms with Gasteiger partial charge in [-0.2, -0.15) is 0 Å². The van der Waals surface area contributed by atoms with Crippen LogP contribution < -0.4 is 4.74 Å². The van der Waals surface area contributed by atoms with Gasteiger partial charge in [0.15, 0.2) is 0 Å². The van der Waals surface area contributed by atoms with Gasteiger partial charge in [-0.25, -0.2) is 0 Å². The first-order chi connectivity index (χ1) is 8.11. The third-order valence-electron chi connectivity index (χ3n) is 1.86. The van der Waals surface area contributed by atoms with Crippen LogP contribution >= 0.6 is 11.8 Å². The third kappa shape index (κ3) is 5.63. The van der Waals surface area contributed by atoms with Crippen molar-refractivity contribution in [3.05, 3.63) is 24.3 Å². The third-order valence-corrected chi connectivity index (χ3v) is 2.84. The summed E-state index contributed by atoms with van der Waals surface area (Å²) in [5.41, 5.74) is 0. The fourth-order valence-electron chi connectivity index (χ4n) is 1.24. The van der Waals surface area contributed by atoms with Gasteiger partial charge in [-0.15, -0.1) is 11.8 Å². The van der Waals surface area contributed by atoms with E-state index in [0.29, 0.717) is 12.4 Å². The molecule has 0 saturated carbocycles. The first-order valence-corrected chi connectivity index (χ1v) is 6.65. The summed E-state index contributed by atoms with van der Waals surface area (Å²) in [6.07, 6.45) is -0.0524. The number of hydrogen-bond acceptors (Lipinski definition) is 4. The van der Waals surface area contributed by atoms with E-state index in [4.69, 9.17) is 9.47 Å². The molecule has 0 radical (unpaired) electrons. The zero-order valence-electron chi connectivity index (χ0n) is 10.4. The molecular weight excluding hydrogens is 236 g/mol. The zero-order valence-corrected chi connectivity index (χ0v) is 11.3. The molecule has 0 amide bonds. The van der Waals surface area contributed by atoms with E-state index in [9.17, 15) is 4.79 Å². The van der Waals surface area contributed by atoms with Crippen LogP contribution in [0.2, 0.25) is 0 Å². The maximum atomic E-state index is 11.3. The summed E-state index contributed by atoms with van der Waals surface area (Å²) in [5, 5.41) is 0. The molecule has 4 heteroatoms. The normalized spacial score (nSPS) is 10.4. The smallest absolute Gasteiger partial charge is 0.316 e. The minimum atomic E-state index is -0.182. The summed E-state index contributed by atoms with van der Waals surface area (Å²) in [6, 6.07) is 7.69. The second kappa shape index (κ2) is 7.22. The predicted molar refractivity (Wildman–Crippen MR) is 69.6 cm³/mol. The van der Waals surface area contributed by atoms with Crippen molar-refractivity contribution in [3.63, 3.8) is 0 Å². The Labute approximate surface area is 106 Å². The summed E-state index contributed by atoms with van der Waals surface area (Å²) in [5.74, 6) is 1.01. The molecule has 1 aromatic rings. The van der Waals surface area contributed by atoms with Gasteiger partial charge in [-0.3, -0.25) is 4.79 Å². The Bertz CT molecular complexity index is 346. The number of benzene rings is 1. The Morgan fingerprint density at radius 3 is 2.47 bits per heavy atom. The van der Waals surface area contributed by atoms with Gasteiger partial charge in [0.05, 0.1) is 18.5 Å². The maximum absolute atomic E-state index is 11.3. The summed E-state index contributed by atoms with van der Waals surface area (Å²) < 4.78 is 10.4. The van der Waals surface area contributed by atoms with Gasteiger partial charge >= 0.3 is 5.97 Å². The number of ether oxygens (including phenoxy) is 2. The summed E-state index contributed by atoms with van der Waals surface area (Å²) >= 11 is 1.47. The van der Waals surface area contributed by atoms with Gasteiger partial charge in [0.2, 0.25) is 0 Å². The van der Waals surface area contributed by atoms with Gasteiger partial charge in [-0.1, -0.05) is 0 Å². The molecule has 1 rings (SSSR count). The van der Waals surface area contributed by atoms with Crippen molar-refractivity contribution in [2.24, 2.45) is 0 Å². The molecular formula is C13H18O3S. The van der Waals surface area contributed by atoms with E-state index >= 15 is 0 Å². The Morgan fingerprint density at radius 1 is 1.29 bits per heavy atom. The summed E-state index contributed by atoms with van der Waals surface area (Å²) in [7, 11) is 0. The predicted octanol–water partition coefficient (Wildman–Crippen LogP) is 3.13. The van der Waals surface area contributed by atoms with Gasteiger partial charge in [-0.05, 0) is 45.0 Å². The minimum absolute atomic E-state index is 0.0524.